The second-order valence-electron chi connectivity index (χ2n) is 34.1. The zero-order valence-electron chi connectivity index (χ0n) is 67.1. The Hall–Kier alpha value is -9.16. The van der Waals surface area contributed by atoms with Gasteiger partial charge in [0.2, 0.25) is 0 Å². The standard InChI is InChI=1S/C87H109N9O18/c1-83(2,3)112-80(99)93(49-57-35-21-13-22-36-57)61-47-62(94(81(100)113-84(4,5)6)50-58-37-23-14-24-38-58)68-72(111-87(110-68)43-29-17-30-44-87)67(61)106-78-66(95(82(101)114-85(7,8)9)51-59-39-25-15-26-40-59)71(69-63(105-78)52-92(79(98)107-69)48-56-33-19-12-20-34-56)103-46-32-18-31-45-102-53-64-70-73(109-86(10,11)108-70)77(104-64)96-55-90-65-74(88-54-89-75(65)96)91-76(97)60-41-27-16-28-42-60/h12-16,19-28,33-42,54-55,61-64,66-73,77-78H,17-18,29-32,43-53H2,1-11H3,(H,88,89,91,97)/t61-,62+,63-,64-,66-,67+,68-,69-,70-,71-,72-,73-,77-,78-/m1/s1. The Bertz CT molecular complexity index is 4390. The number of aromatic nitrogens is 4. The van der Waals surface area contributed by atoms with E-state index in [0.717, 1.165) is 41.5 Å². The van der Waals surface area contributed by atoms with Gasteiger partial charge in [0.1, 0.15) is 78.0 Å². The minimum absolute atomic E-state index is 0.0192. The molecule has 610 valence electrons. The van der Waals surface area contributed by atoms with E-state index in [0.29, 0.717) is 55.4 Å². The van der Waals surface area contributed by atoms with Crippen LogP contribution in [0.15, 0.2) is 164 Å². The molecule has 7 fully saturated rings. The summed E-state index contributed by atoms with van der Waals surface area (Å²) < 4.78 is 91.9. The summed E-state index contributed by atoms with van der Waals surface area (Å²) in [7, 11) is 0. The molecule has 27 nitrogen and oxygen atoms in total. The third-order valence-corrected chi connectivity index (χ3v) is 21.4. The summed E-state index contributed by atoms with van der Waals surface area (Å²) in [5.41, 5.74) is 1.53. The van der Waals surface area contributed by atoms with E-state index in [1.807, 2.05) is 183 Å². The third-order valence-electron chi connectivity index (χ3n) is 21.4. The number of anilines is 1. The molecule has 14 atom stereocenters. The maximum absolute atomic E-state index is 15.8. The van der Waals surface area contributed by atoms with Gasteiger partial charge in [-0.2, -0.15) is 0 Å². The summed E-state index contributed by atoms with van der Waals surface area (Å²) in [5, 5.41) is 2.88. The van der Waals surface area contributed by atoms with Crippen LogP contribution in [0.5, 0.6) is 0 Å². The molecule has 2 aromatic heterocycles. The van der Waals surface area contributed by atoms with Gasteiger partial charge in [-0.1, -0.05) is 146 Å². The first kappa shape index (κ1) is 81.4. The minimum atomic E-state index is -1.47. The first-order chi connectivity index (χ1) is 54.6. The van der Waals surface area contributed by atoms with Crippen molar-refractivity contribution in [1.82, 2.24) is 39.1 Å². The number of rotatable bonds is 25. The van der Waals surface area contributed by atoms with Crippen LogP contribution < -0.4 is 5.32 Å². The molecule has 5 aromatic carbocycles. The second-order valence-corrected chi connectivity index (χ2v) is 34.1. The maximum atomic E-state index is 15.8. The van der Waals surface area contributed by atoms with Gasteiger partial charge in [0.05, 0.1) is 31.6 Å². The number of imidazole rings is 1. The van der Waals surface area contributed by atoms with Crippen LogP contribution in [0.4, 0.5) is 25.0 Å². The van der Waals surface area contributed by atoms with Crippen LogP contribution in [0.1, 0.15) is 173 Å². The molecular weight excluding hydrogens is 1460 g/mol. The van der Waals surface area contributed by atoms with Gasteiger partial charge in [0.25, 0.3) is 5.91 Å². The van der Waals surface area contributed by atoms with E-state index in [1.54, 1.807) is 75.5 Å². The van der Waals surface area contributed by atoms with Gasteiger partial charge in [-0.25, -0.2) is 34.1 Å². The van der Waals surface area contributed by atoms with E-state index in [-0.39, 0.29) is 64.1 Å². The number of carbonyl (C=O) groups is 5. The van der Waals surface area contributed by atoms with Gasteiger partial charge < -0.3 is 71.8 Å². The first-order valence-electron chi connectivity index (χ1n) is 40.1. The van der Waals surface area contributed by atoms with Gasteiger partial charge in [0.15, 0.2) is 47.2 Å². The number of hydrogen-bond donors (Lipinski definition) is 1. The second kappa shape index (κ2) is 34.7. The Kier molecular flexibility index (Phi) is 24.8. The van der Waals surface area contributed by atoms with Crippen LogP contribution in [-0.2, 0) is 87.8 Å². The molecule has 0 unspecified atom stereocenters. The van der Waals surface area contributed by atoms with Crippen molar-refractivity contribution in [3.05, 3.63) is 192 Å². The average molecular weight is 1570 g/mol. The molecule has 1 spiro atoms. The molecule has 114 heavy (non-hydrogen) atoms. The zero-order chi connectivity index (χ0) is 80.1. The summed E-state index contributed by atoms with van der Waals surface area (Å²) in [6.07, 6.45) is -4.48. The number of nitrogens with zero attached hydrogens (tertiary/aromatic N) is 8. The lowest BCUT2D eigenvalue weighted by atomic mass is 9.81. The van der Waals surface area contributed by atoms with E-state index >= 15 is 14.4 Å². The number of nitrogens with one attached hydrogen (secondary N) is 1. The summed E-state index contributed by atoms with van der Waals surface area (Å²) >= 11 is 0. The fraction of sp³-hybridized carbons (Fsp3) is 0.540. The van der Waals surface area contributed by atoms with E-state index in [9.17, 15) is 9.59 Å². The number of carbonyl (C=O) groups excluding carboxylic acids is 5. The molecular formula is C87H109N9O18. The molecule has 27 heteroatoms. The molecule has 5 amide bonds. The molecule has 14 rings (SSSR count). The average Bonchev–Trinajstić information content (AvgIpc) is 1.51. The topological polar surface area (TPSA) is 274 Å². The van der Waals surface area contributed by atoms with Crippen LogP contribution >= 0.6 is 0 Å². The highest BCUT2D eigenvalue weighted by Crippen LogP contribution is 2.50. The van der Waals surface area contributed by atoms with Gasteiger partial charge in [-0.15, -0.1) is 0 Å². The Balaban J connectivity index is 0.795. The predicted octanol–water partition coefficient (Wildman–Crippen LogP) is 14.5. The summed E-state index contributed by atoms with van der Waals surface area (Å²) in [4.78, 5) is 95.3. The lowest BCUT2D eigenvalue weighted by Gasteiger charge is -2.54. The fourth-order valence-electron chi connectivity index (χ4n) is 16.5. The van der Waals surface area contributed by atoms with Crippen LogP contribution in [0, 0.1) is 0 Å². The molecule has 2 saturated carbocycles. The first-order valence-corrected chi connectivity index (χ1v) is 40.1. The van der Waals surface area contributed by atoms with E-state index < -0.39 is 138 Å². The summed E-state index contributed by atoms with van der Waals surface area (Å²) in [5.74, 6) is -2.18. The lowest BCUT2D eigenvalue weighted by molar-refractivity contribution is -0.320. The van der Waals surface area contributed by atoms with E-state index in [4.69, 9.17) is 61.6 Å². The zero-order valence-corrected chi connectivity index (χ0v) is 67.1. The Morgan fingerprint density at radius 2 is 1.10 bits per heavy atom. The molecule has 7 aliphatic rings. The Morgan fingerprint density at radius 3 is 1.69 bits per heavy atom. The van der Waals surface area contributed by atoms with Crippen molar-refractivity contribution in [2.45, 2.75) is 274 Å². The third kappa shape index (κ3) is 19.5. The smallest absolute Gasteiger partial charge is 0.411 e. The Morgan fingerprint density at radius 1 is 0.561 bits per heavy atom. The van der Waals surface area contributed by atoms with Crippen LogP contribution in [0.3, 0.4) is 0 Å². The quantitative estimate of drug-likeness (QED) is 0.0411. The number of fused-ring (bicyclic) bond motifs is 4. The van der Waals surface area contributed by atoms with Gasteiger partial charge in [-0.3, -0.25) is 24.1 Å². The van der Waals surface area contributed by atoms with Crippen molar-refractivity contribution in [1.29, 1.82) is 0 Å². The number of amides is 5. The highest BCUT2D eigenvalue weighted by Gasteiger charge is 2.64. The normalized spacial score (nSPS) is 26.4. The number of benzene rings is 5. The number of ether oxygens (including phenoxy) is 13. The summed E-state index contributed by atoms with van der Waals surface area (Å²) in [6, 6.07) is 44.2. The fourth-order valence-corrected chi connectivity index (χ4v) is 16.5. The maximum Gasteiger partial charge on any atom is 0.411 e. The van der Waals surface area contributed by atoms with Gasteiger partial charge in [-0.05, 0) is 149 Å². The molecule has 2 aliphatic carbocycles. The van der Waals surface area contributed by atoms with Crippen molar-refractivity contribution in [3.8, 4) is 0 Å². The van der Waals surface area contributed by atoms with Crippen molar-refractivity contribution >= 4 is 47.3 Å². The van der Waals surface area contributed by atoms with Crippen molar-refractivity contribution < 1.29 is 85.6 Å². The minimum Gasteiger partial charge on any atom is -0.444 e. The van der Waals surface area contributed by atoms with Crippen molar-refractivity contribution in [2.75, 3.05) is 31.7 Å². The van der Waals surface area contributed by atoms with Crippen LogP contribution in [0.25, 0.3) is 11.2 Å². The van der Waals surface area contributed by atoms with E-state index in [2.05, 4.69) is 20.3 Å². The number of unbranched alkanes of at least 4 members (excludes halogenated alkanes) is 2. The SMILES string of the molecule is CC(C)(C)OC(=O)N(Cc1ccccc1)[C@H]1[C@@H](O[C@@H]2[C@H]3OC4(CCCCC4)O[C@@H]3[C@@H](N(Cc3ccccc3)C(=O)OC(C)(C)C)C[C@H]2N(Cc2ccccc2)C(=O)OC(C)(C)C)O[C@@H]2CN(Cc3ccccc3)C(=O)O[C@H]2[C@@H]1OCCCCCOC[C@H]1O[C@@H](n2cnc3c(NC(=O)c4ccccc4)ncnc32)[C@@H]2OC(C)(C)O[C@@H]21. The van der Waals surface area contributed by atoms with Crippen LogP contribution in [-0.4, -0.2) is 203 Å². The van der Waals surface area contributed by atoms with Crippen molar-refractivity contribution in [3.63, 3.8) is 0 Å². The molecule has 1 N–H and O–H groups in total. The number of hydrogen-bond acceptors (Lipinski definition) is 21. The monoisotopic (exact) mass is 1570 g/mol. The van der Waals surface area contributed by atoms with Gasteiger partial charge in [0, 0.05) is 57.8 Å². The van der Waals surface area contributed by atoms with Crippen molar-refractivity contribution in [2.24, 2.45) is 0 Å². The van der Waals surface area contributed by atoms with E-state index in [1.165, 1.54) is 6.33 Å². The summed E-state index contributed by atoms with van der Waals surface area (Å²) in [6.45, 7) is 21.0. The molecule has 0 radical (unpaired) electrons. The van der Waals surface area contributed by atoms with Crippen LogP contribution in [0.2, 0.25) is 0 Å². The predicted molar refractivity (Wildman–Crippen MR) is 419 cm³/mol. The van der Waals surface area contributed by atoms with Gasteiger partial charge >= 0.3 is 24.4 Å². The molecule has 5 saturated heterocycles. The molecule has 7 aromatic rings. The highest BCUT2D eigenvalue weighted by atomic mass is 16.8. The highest BCUT2D eigenvalue weighted by molar-refractivity contribution is 6.06. The lowest BCUT2D eigenvalue weighted by Crippen LogP contribution is -2.72. The molecule has 7 heterocycles. The Labute approximate surface area is 666 Å². The largest absolute Gasteiger partial charge is 0.444 e. The molecule has 5 aliphatic heterocycles. The molecule has 0 bridgehead atoms.